The summed E-state index contributed by atoms with van der Waals surface area (Å²) in [5, 5.41) is 10.8. The van der Waals surface area contributed by atoms with E-state index in [4.69, 9.17) is 5.73 Å². The molecule has 0 spiro atoms. The number of carbonyl (C=O) groups excluding carboxylic acids is 1. The highest BCUT2D eigenvalue weighted by Crippen LogP contribution is 2.23. The third-order valence-electron chi connectivity index (χ3n) is 2.93. The Labute approximate surface area is 131 Å². The first-order valence-electron chi connectivity index (χ1n) is 6.73. The van der Waals surface area contributed by atoms with Crippen LogP contribution >= 0.6 is 15.9 Å². The number of hydrogen-bond donors (Lipinski definition) is 2. The van der Waals surface area contributed by atoms with Gasteiger partial charge in [0.1, 0.15) is 6.54 Å². The van der Waals surface area contributed by atoms with Gasteiger partial charge in [-0.2, -0.15) is 0 Å². The first kappa shape index (κ1) is 15.7. The third-order valence-corrected chi connectivity index (χ3v) is 3.58. The number of halogens is 1. The molecule has 3 N–H and O–H groups in total. The number of nitrogens with zero attached hydrogens (tertiary/aromatic N) is 3. The SMILES string of the molecule is Cc1ccc(NC(=O)Cn2cc(CCCN)nn2)c(Br)c1. The fourth-order valence-electron chi connectivity index (χ4n) is 1.87. The van der Waals surface area contributed by atoms with Crippen molar-refractivity contribution in [2.24, 2.45) is 5.73 Å². The summed E-state index contributed by atoms with van der Waals surface area (Å²) < 4.78 is 2.39. The zero-order chi connectivity index (χ0) is 15.2. The summed E-state index contributed by atoms with van der Waals surface area (Å²) in [5.41, 5.74) is 8.17. The van der Waals surface area contributed by atoms with Crippen LogP contribution in [0.15, 0.2) is 28.9 Å². The van der Waals surface area contributed by atoms with Crippen molar-refractivity contribution in [3.8, 4) is 0 Å². The number of nitrogens with one attached hydrogen (secondary N) is 1. The molecule has 0 aliphatic rings. The largest absolute Gasteiger partial charge is 0.330 e. The van der Waals surface area contributed by atoms with E-state index in [0.717, 1.165) is 34.3 Å². The number of aromatic nitrogens is 3. The molecule has 0 fully saturated rings. The van der Waals surface area contributed by atoms with Crippen molar-refractivity contribution in [3.05, 3.63) is 40.1 Å². The van der Waals surface area contributed by atoms with Crippen LogP contribution in [0.4, 0.5) is 5.69 Å². The Hall–Kier alpha value is -1.73. The zero-order valence-electron chi connectivity index (χ0n) is 11.8. The van der Waals surface area contributed by atoms with E-state index in [2.05, 4.69) is 31.6 Å². The van der Waals surface area contributed by atoms with E-state index in [1.54, 1.807) is 6.20 Å². The Bertz CT molecular complexity index is 626. The lowest BCUT2D eigenvalue weighted by Crippen LogP contribution is -2.19. The Morgan fingerprint density at radius 3 is 3.00 bits per heavy atom. The van der Waals surface area contributed by atoms with Gasteiger partial charge in [-0.3, -0.25) is 4.79 Å². The molecule has 21 heavy (non-hydrogen) atoms. The van der Waals surface area contributed by atoms with E-state index in [1.807, 2.05) is 25.1 Å². The molecular formula is C14H18BrN5O. The second kappa shape index (κ2) is 7.33. The van der Waals surface area contributed by atoms with Gasteiger partial charge in [-0.25, -0.2) is 4.68 Å². The number of carbonyl (C=O) groups is 1. The van der Waals surface area contributed by atoms with Crippen molar-refractivity contribution in [1.82, 2.24) is 15.0 Å². The summed E-state index contributed by atoms with van der Waals surface area (Å²) in [7, 11) is 0. The number of amides is 1. The van der Waals surface area contributed by atoms with Gasteiger partial charge in [-0.05, 0) is 59.9 Å². The molecule has 0 saturated heterocycles. The lowest BCUT2D eigenvalue weighted by Gasteiger charge is -2.07. The molecule has 2 aromatic rings. The topological polar surface area (TPSA) is 85.8 Å². The smallest absolute Gasteiger partial charge is 0.246 e. The Morgan fingerprint density at radius 2 is 2.29 bits per heavy atom. The van der Waals surface area contributed by atoms with Crippen molar-refractivity contribution in [2.45, 2.75) is 26.3 Å². The van der Waals surface area contributed by atoms with Gasteiger partial charge in [0.15, 0.2) is 0 Å². The fourth-order valence-corrected chi connectivity index (χ4v) is 2.46. The number of hydrogen-bond acceptors (Lipinski definition) is 4. The molecule has 0 saturated carbocycles. The lowest BCUT2D eigenvalue weighted by atomic mass is 10.2. The average molecular weight is 352 g/mol. The molecule has 1 amide bonds. The monoisotopic (exact) mass is 351 g/mol. The van der Waals surface area contributed by atoms with E-state index in [1.165, 1.54) is 4.68 Å². The van der Waals surface area contributed by atoms with Crippen LogP contribution in [0.5, 0.6) is 0 Å². The van der Waals surface area contributed by atoms with E-state index in [-0.39, 0.29) is 12.5 Å². The maximum atomic E-state index is 12.0. The molecule has 1 heterocycles. The van der Waals surface area contributed by atoms with Crippen LogP contribution in [0.25, 0.3) is 0 Å². The average Bonchev–Trinajstić information content (AvgIpc) is 2.87. The molecule has 0 aliphatic heterocycles. The van der Waals surface area contributed by atoms with Crippen LogP contribution in [-0.4, -0.2) is 27.4 Å². The summed E-state index contributed by atoms with van der Waals surface area (Å²) >= 11 is 3.43. The van der Waals surface area contributed by atoms with Gasteiger partial charge >= 0.3 is 0 Å². The number of aryl methyl sites for hydroxylation is 2. The molecule has 0 aliphatic carbocycles. The molecule has 7 heteroatoms. The summed E-state index contributed by atoms with van der Waals surface area (Å²) in [6, 6.07) is 5.77. The predicted molar refractivity (Wildman–Crippen MR) is 84.9 cm³/mol. The third kappa shape index (κ3) is 4.64. The molecule has 0 bridgehead atoms. The predicted octanol–water partition coefficient (Wildman–Crippen LogP) is 1.88. The molecule has 112 valence electrons. The first-order valence-corrected chi connectivity index (χ1v) is 7.53. The number of rotatable bonds is 6. The molecule has 0 atom stereocenters. The molecule has 1 aromatic carbocycles. The second-order valence-corrected chi connectivity index (χ2v) is 5.69. The van der Waals surface area contributed by atoms with Gasteiger partial charge in [0.25, 0.3) is 0 Å². The van der Waals surface area contributed by atoms with Crippen molar-refractivity contribution in [2.75, 3.05) is 11.9 Å². The summed E-state index contributed by atoms with van der Waals surface area (Å²) in [6.45, 7) is 2.75. The van der Waals surface area contributed by atoms with E-state index in [9.17, 15) is 4.79 Å². The van der Waals surface area contributed by atoms with Crippen molar-refractivity contribution >= 4 is 27.5 Å². The van der Waals surface area contributed by atoms with E-state index in [0.29, 0.717) is 6.54 Å². The van der Waals surface area contributed by atoms with Crippen molar-refractivity contribution < 1.29 is 4.79 Å². The van der Waals surface area contributed by atoms with Crippen LogP contribution in [0.3, 0.4) is 0 Å². The van der Waals surface area contributed by atoms with E-state index >= 15 is 0 Å². The van der Waals surface area contributed by atoms with Crippen LogP contribution < -0.4 is 11.1 Å². The first-order chi connectivity index (χ1) is 10.1. The van der Waals surface area contributed by atoms with E-state index < -0.39 is 0 Å². The summed E-state index contributed by atoms with van der Waals surface area (Å²) in [4.78, 5) is 12.0. The highest BCUT2D eigenvalue weighted by Gasteiger charge is 2.08. The highest BCUT2D eigenvalue weighted by atomic mass is 79.9. The molecule has 2 rings (SSSR count). The number of benzene rings is 1. The standard InChI is InChI=1S/C14H18BrN5O/c1-10-4-5-13(12(15)7-10)17-14(21)9-20-8-11(18-19-20)3-2-6-16/h4-5,7-8H,2-3,6,9,16H2,1H3,(H,17,21). The van der Waals surface area contributed by atoms with Gasteiger partial charge in [0, 0.05) is 10.7 Å². The Morgan fingerprint density at radius 1 is 1.48 bits per heavy atom. The van der Waals surface area contributed by atoms with Gasteiger partial charge in [-0.1, -0.05) is 11.3 Å². The minimum Gasteiger partial charge on any atom is -0.330 e. The fraction of sp³-hybridized carbons (Fsp3) is 0.357. The summed E-state index contributed by atoms with van der Waals surface area (Å²) in [6.07, 6.45) is 3.42. The Balaban J connectivity index is 1.93. The van der Waals surface area contributed by atoms with Crippen LogP contribution in [-0.2, 0) is 17.8 Å². The summed E-state index contributed by atoms with van der Waals surface area (Å²) in [5.74, 6) is -0.144. The molecule has 0 unspecified atom stereocenters. The van der Waals surface area contributed by atoms with Crippen LogP contribution in [0.1, 0.15) is 17.7 Å². The minimum absolute atomic E-state index is 0.135. The van der Waals surface area contributed by atoms with Gasteiger partial charge < -0.3 is 11.1 Å². The Kier molecular flexibility index (Phi) is 5.46. The lowest BCUT2D eigenvalue weighted by molar-refractivity contribution is -0.116. The molecule has 6 nitrogen and oxygen atoms in total. The van der Waals surface area contributed by atoms with Crippen molar-refractivity contribution in [3.63, 3.8) is 0 Å². The van der Waals surface area contributed by atoms with Gasteiger partial charge in [-0.15, -0.1) is 5.10 Å². The van der Waals surface area contributed by atoms with Gasteiger partial charge in [0.2, 0.25) is 5.91 Å². The molecular weight excluding hydrogens is 334 g/mol. The maximum absolute atomic E-state index is 12.0. The number of nitrogens with two attached hydrogens (primary N) is 1. The second-order valence-electron chi connectivity index (χ2n) is 4.83. The van der Waals surface area contributed by atoms with Crippen LogP contribution in [0.2, 0.25) is 0 Å². The maximum Gasteiger partial charge on any atom is 0.246 e. The molecule has 0 radical (unpaired) electrons. The minimum atomic E-state index is -0.144. The van der Waals surface area contributed by atoms with Gasteiger partial charge in [0.05, 0.1) is 11.4 Å². The normalized spacial score (nSPS) is 10.6. The number of anilines is 1. The molecule has 1 aromatic heterocycles. The van der Waals surface area contributed by atoms with Crippen LogP contribution in [0, 0.1) is 6.92 Å². The zero-order valence-corrected chi connectivity index (χ0v) is 13.4. The van der Waals surface area contributed by atoms with Crippen molar-refractivity contribution in [1.29, 1.82) is 0 Å². The quantitative estimate of drug-likeness (QED) is 0.831. The highest BCUT2D eigenvalue weighted by molar-refractivity contribution is 9.10.